The van der Waals surface area contributed by atoms with Crippen LogP contribution in [0.1, 0.15) is 52.9 Å². The lowest BCUT2D eigenvalue weighted by molar-refractivity contribution is 0.0526. The third-order valence-corrected chi connectivity index (χ3v) is 5.60. The summed E-state index contributed by atoms with van der Waals surface area (Å²) in [7, 11) is 2.06. The number of likely N-dealkylation sites (N-methyl/N-ethyl adjacent to an activating group) is 1. The highest BCUT2D eigenvalue weighted by molar-refractivity contribution is 7.17. The fourth-order valence-corrected chi connectivity index (χ4v) is 3.90. The van der Waals surface area contributed by atoms with Crippen molar-refractivity contribution in [3.05, 3.63) is 40.4 Å². The van der Waals surface area contributed by atoms with Crippen LogP contribution in [0.2, 0.25) is 0 Å². The lowest BCUT2D eigenvalue weighted by Gasteiger charge is -2.32. The van der Waals surface area contributed by atoms with Gasteiger partial charge in [-0.05, 0) is 33.0 Å². The highest BCUT2D eigenvalue weighted by Crippen LogP contribution is 2.29. The van der Waals surface area contributed by atoms with Gasteiger partial charge in [-0.1, -0.05) is 32.4 Å². The van der Waals surface area contributed by atoms with Crippen LogP contribution in [0.25, 0.3) is 10.6 Å². The lowest BCUT2D eigenvalue weighted by atomic mass is 10.1. The predicted octanol–water partition coefficient (Wildman–Crippen LogP) is 4.10. The Balaban J connectivity index is 0.000000941. The summed E-state index contributed by atoms with van der Waals surface area (Å²) in [6.45, 7) is 11.5. The Hall–Kier alpha value is -2.25. The Morgan fingerprint density at radius 1 is 1.14 bits per heavy atom. The number of rotatable bonds is 4. The lowest BCUT2D eigenvalue weighted by Crippen LogP contribution is -2.47. The summed E-state index contributed by atoms with van der Waals surface area (Å²) >= 11 is 1.38. The standard InChI is InChI=1S/C19H23N3O3S.C3H8/c1-4-25-19(24)15-7-5-6-14(12-15)17-20-13(2)16(26-17)18(23)22-10-8-21(3)9-11-22;1-3-2/h5-7,12H,4,8-11H2,1-3H3;3H2,1-2H3. The van der Waals surface area contributed by atoms with Crippen molar-refractivity contribution >= 4 is 23.2 Å². The minimum Gasteiger partial charge on any atom is -0.462 e. The van der Waals surface area contributed by atoms with Crippen LogP contribution < -0.4 is 0 Å². The fraction of sp³-hybridized carbons (Fsp3) is 0.500. The van der Waals surface area contributed by atoms with Crippen LogP contribution >= 0.6 is 11.3 Å². The first-order valence-corrected chi connectivity index (χ1v) is 11.0. The van der Waals surface area contributed by atoms with Gasteiger partial charge >= 0.3 is 5.97 Å². The van der Waals surface area contributed by atoms with Crippen molar-refractivity contribution in [1.82, 2.24) is 14.8 Å². The van der Waals surface area contributed by atoms with E-state index in [4.69, 9.17) is 4.74 Å². The number of thiazole rings is 1. The second-order valence-corrected chi connectivity index (χ2v) is 8.04. The summed E-state index contributed by atoms with van der Waals surface area (Å²) in [6.07, 6.45) is 1.25. The maximum atomic E-state index is 12.8. The third-order valence-electron chi connectivity index (χ3n) is 4.40. The van der Waals surface area contributed by atoms with Crippen LogP contribution in [0.4, 0.5) is 0 Å². The second-order valence-electron chi connectivity index (χ2n) is 7.04. The number of amides is 1. The van der Waals surface area contributed by atoms with Gasteiger partial charge in [-0.25, -0.2) is 9.78 Å². The van der Waals surface area contributed by atoms with Crippen LogP contribution in [-0.2, 0) is 4.74 Å². The number of esters is 1. The van der Waals surface area contributed by atoms with Gasteiger partial charge in [0.2, 0.25) is 0 Å². The van der Waals surface area contributed by atoms with E-state index in [0.29, 0.717) is 17.0 Å². The van der Waals surface area contributed by atoms with Crippen molar-refractivity contribution in [2.75, 3.05) is 39.8 Å². The molecular weight excluding hydrogens is 386 g/mol. The van der Waals surface area contributed by atoms with E-state index in [1.165, 1.54) is 17.8 Å². The predicted molar refractivity (Wildman–Crippen MR) is 118 cm³/mol. The van der Waals surface area contributed by atoms with Crippen molar-refractivity contribution < 1.29 is 14.3 Å². The van der Waals surface area contributed by atoms with E-state index in [1.54, 1.807) is 25.1 Å². The Bertz CT molecular complexity index is 826. The zero-order chi connectivity index (χ0) is 21.4. The molecule has 29 heavy (non-hydrogen) atoms. The molecule has 1 fully saturated rings. The van der Waals surface area contributed by atoms with Gasteiger partial charge in [-0.15, -0.1) is 11.3 Å². The van der Waals surface area contributed by atoms with Crippen molar-refractivity contribution in [3.63, 3.8) is 0 Å². The number of hydrogen-bond donors (Lipinski definition) is 0. The van der Waals surface area contributed by atoms with Crippen molar-refractivity contribution in [3.8, 4) is 10.6 Å². The van der Waals surface area contributed by atoms with E-state index >= 15 is 0 Å². The van der Waals surface area contributed by atoms with Crippen LogP contribution in [0.15, 0.2) is 24.3 Å². The molecule has 2 heterocycles. The van der Waals surface area contributed by atoms with E-state index in [2.05, 4.69) is 30.8 Å². The quantitative estimate of drug-likeness (QED) is 0.701. The summed E-state index contributed by atoms with van der Waals surface area (Å²) < 4.78 is 5.05. The first-order chi connectivity index (χ1) is 13.9. The van der Waals surface area contributed by atoms with E-state index in [9.17, 15) is 9.59 Å². The molecule has 158 valence electrons. The topological polar surface area (TPSA) is 62.7 Å². The van der Waals surface area contributed by atoms with Gasteiger partial charge in [-0.3, -0.25) is 4.79 Å². The average Bonchev–Trinajstić information content (AvgIpc) is 3.11. The van der Waals surface area contributed by atoms with Crippen LogP contribution in [-0.4, -0.2) is 66.5 Å². The maximum Gasteiger partial charge on any atom is 0.338 e. The number of carbonyl (C=O) groups is 2. The molecule has 7 heteroatoms. The SMILES string of the molecule is CCC.CCOC(=O)c1cccc(-c2nc(C)c(C(=O)N3CCN(C)CC3)s2)c1. The zero-order valence-corrected chi connectivity index (χ0v) is 18.8. The number of nitrogens with zero attached hydrogens (tertiary/aromatic N) is 3. The van der Waals surface area contributed by atoms with Gasteiger partial charge in [-0.2, -0.15) is 0 Å². The molecule has 0 spiro atoms. The Morgan fingerprint density at radius 2 is 1.79 bits per heavy atom. The molecule has 0 bridgehead atoms. The maximum absolute atomic E-state index is 12.8. The largest absolute Gasteiger partial charge is 0.462 e. The van der Waals surface area contributed by atoms with Gasteiger partial charge < -0.3 is 14.5 Å². The number of piperazine rings is 1. The highest BCUT2D eigenvalue weighted by atomic mass is 32.1. The Morgan fingerprint density at radius 3 is 2.41 bits per heavy atom. The van der Waals surface area contributed by atoms with Crippen molar-refractivity contribution in [1.29, 1.82) is 0 Å². The third kappa shape index (κ3) is 6.11. The molecule has 0 N–H and O–H groups in total. The van der Waals surface area contributed by atoms with Gasteiger partial charge in [0, 0.05) is 31.7 Å². The number of ether oxygens (including phenoxy) is 1. The molecule has 3 rings (SSSR count). The molecule has 2 aromatic rings. The summed E-state index contributed by atoms with van der Waals surface area (Å²) in [5.41, 5.74) is 2.04. The summed E-state index contributed by atoms with van der Waals surface area (Å²) in [5.74, 6) is -0.308. The second kappa shape index (κ2) is 11.1. The van der Waals surface area contributed by atoms with Gasteiger partial charge in [0.25, 0.3) is 5.91 Å². The number of aromatic nitrogens is 1. The number of hydrogen-bond acceptors (Lipinski definition) is 6. The average molecular weight is 418 g/mol. The minimum absolute atomic E-state index is 0.0425. The van der Waals surface area contributed by atoms with Crippen molar-refractivity contribution in [2.24, 2.45) is 0 Å². The Kier molecular flexibility index (Phi) is 8.79. The molecule has 0 atom stereocenters. The smallest absolute Gasteiger partial charge is 0.338 e. The van der Waals surface area contributed by atoms with Gasteiger partial charge in [0.1, 0.15) is 9.88 Å². The van der Waals surface area contributed by atoms with Gasteiger partial charge in [0.15, 0.2) is 0 Å². The summed E-state index contributed by atoms with van der Waals surface area (Å²) in [6, 6.07) is 7.18. The van der Waals surface area contributed by atoms with E-state index < -0.39 is 0 Å². The highest BCUT2D eigenvalue weighted by Gasteiger charge is 2.24. The number of aryl methyl sites for hydroxylation is 1. The van der Waals surface area contributed by atoms with Crippen LogP contribution in [0.5, 0.6) is 0 Å². The molecule has 0 aliphatic carbocycles. The molecule has 1 aliphatic rings. The summed E-state index contributed by atoms with van der Waals surface area (Å²) in [4.78, 5) is 34.1. The van der Waals surface area contributed by atoms with Crippen molar-refractivity contribution in [2.45, 2.75) is 34.1 Å². The Labute approximate surface area is 177 Å². The molecule has 1 aromatic carbocycles. The van der Waals surface area contributed by atoms with E-state index in [-0.39, 0.29) is 11.9 Å². The van der Waals surface area contributed by atoms with E-state index in [1.807, 2.05) is 17.9 Å². The fourth-order valence-electron chi connectivity index (χ4n) is 2.87. The van der Waals surface area contributed by atoms with Gasteiger partial charge in [0.05, 0.1) is 17.9 Å². The minimum atomic E-state index is -0.351. The number of benzene rings is 1. The molecular formula is C22H31N3O3S. The molecule has 0 radical (unpaired) electrons. The molecule has 1 amide bonds. The zero-order valence-electron chi connectivity index (χ0n) is 18.0. The van der Waals surface area contributed by atoms with E-state index in [0.717, 1.165) is 42.4 Å². The number of carbonyl (C=O) groups excluding carboxylic acids is 2. The monoisotopic (exact) mass is 417 g/mol. The molecule has 1 aromatic heterocycles. The first-order valence-electron chi connectivity index (χ1n) is 10.1. The molecule has 0 unspecified atom stereocenters. The van der Waals surface area contributed by atoms with Crippen LogP contribution in [0, 0.1) is 6.92 Å². The normalized spacial score (nSPS) is 14.2. The molecule has 1 saturated heterocycles. The molecule has 1 aliphatic heterocycles. The van der Waals surface area contributed by atoms with Crippen LogP contribution in [0.3, 0.4) is 0 Å². The first kappa shape index (κ1) is 23.0. The molecule has 0 saturated carbocycles. The molecule has 6 nitrogen and oxygen atoms in total. The summed E-state index contributed by atoms with van der Waals surface area (Å²) in [5, 5.41) is 0.742.